The van der Waals surface area contributed by atoms with Crippen molar-refractivity contribution < 1.29 is 14.5 Å². The minimum absolute atomic E-state index is 0.131. The van der Waals surface area contributed by atoms with E-state index >= 15 is 0 Å². The molecule has 0 aromatic heterocycles. The summed E-state index contributed by atoms with van der Waals surface area (Å²) in [6.07, 6.45) is -0.0210. The van der Waals surface area contributed by atoms with Crippen LogP contribution in [0.25, 0.3) is 0 Å². The summed E-state index contributed by atoms with van der Waals surface area (Å²) in [6, 6.07) is 0.131. The van der Waals surface area contributed by atoms with E-state index in [0.29, 0.717) is 19.0 Å². The molecule has 6 heteroatoms. The van der Waals surface area contributed by atoms with Gasteiger partial charge in [0.1, 0.15) is 4.75 Å². The molecule has 0 aliphatic carbocycles. The molecule has 1 aliphatic heterocycles. The van der Waals surface area contributed by atoms with Gasteiger partial charge in [0.05, 0.1) is 6.04 Å². The van der Waals surface area contributed by atoms with Gasteiger partial charge in [0.15, 0.2) is 0 Å². The van der Waals surface area contributed by atoms with E-state index in [4.69, 9.17) is 5.11 Å². The number of nitrogens with zero attached hydrogens (tertiary/aromatic N) is 1. The number of amides is 1. The number of likely N-dealkylation sites (tertiary alicyclic amines) is 1. The van der Waals surface area contributed by atoms with E-state index < -0.39 is 17.5 Å². The van der Waals surface area contributed by atoms with Crippen LogP contribution in [0.1, 0.15) is 41.0 Å². The van der Waals surface area contributed by atoms with Gasteiger partial charge in [0.2, 0.25) is 0 Å². The summed E-state index contributed by atoms with van der Waals surface area (Å²) in [5.74, 6) is 0.645. The lowest BCUT2D eigenvalue weighted by atomic mass is 9.82. The first-order valence-corrected chi connectivity index (χ1v) is 7.94. The van der Waals surface area contributed by atoms with E-state index in [1.807, 2.05) is 27.7 Å². The average Bonchev–Trinajstić information content (AvgIpc) is 2.26. The molecular weight excluding hydrogens is 264 g/mol. The van der Waals surface area contributed by atoms with Gasteiger partial charge in [0, 0.05) is 24.5 Å². The second-order valence-corrected chi connectivity index (χ2v) is 8.44. The van der Waals surface area contributed by atoms with Crippen molar-refractivity contribution >= 4 is 17.5 Å². The molecule has 1 rings (SSSR count). The molecule has 0 spiro atoms. The van der Waals surface area contributed by atoms with Crippen molar-refractivity contribution in [3.8, 4) is 0 Å². The third-order valence-electron chi connectivity index (χ3n) is 3.73. The third-order valence-corrected chi connectivity index (χ3v) is 5.43. The average molecular weight is 290 g/mol. The first kappa shape index (κ1) is 16.6. The maximum Gasteiger partial charge on any atom is 0.407 e. The van der Waals surface area contributed by atoms with Gasteiger partial charge in [-0.05, 0) is 46.0 Å². The van der Waals surface area contributed by atoms with E-state index in [1.165, 1.54) is 4.90 Å². The quantitative estimate of drug-likeness (QED) is 0.780. The zero-order chi connectivity index (χ0) is 14.8. The predicted molar refractivity (Wildman–Crippen MR) is 77.4 cm³/mol. The Kier molecular flexibility index (Phi) is 5.53. The summed E-state index contributed by atoms with van der Waals surface area (Å²) < 4.78 is 15.0. The van der Waals surface area contributed by atoms with Crippen LogP contribution in [0.15, 0.2) is 0 Å². The number of carboxylic acid groups (broad SMARTS) is 1. The van der Waals surface area contributed by atoms with Crippen molar-refractivity contribution in [3.05, 3.63) is 0 Å². The number of hydrogen-bond donors (Lipinski definition) is 2. The first-order chi connectivity index (χ1) is 8.62. The molecule has 1 amide bonds. The van der Waals surface area contributed by atoms with Crippen LogP contribution in [-0.4, -0.2) is 44.5 Å². The maximum atomic E-state index is 12.1. The van der Waals surface area contributed by atoms with Crippen molar-refractivity contribution in [2.45, 2.75) is 51.8 Å². The Morgan fingerprint density at radius 1 is 1.53 bits per heavy atom. The molecule has 0 bridgehead atoms. The lowest BCUT2D eigenvalue weighted by Gasteiger charge is -2.39. The molecule has 1 unspecified atom stereocenters. The Bertz CT molecular complexity index is 320. The largest absolute Gasteiger partial charge is 0.598 e. The lowest BCUT2D eigenvalue weighted by molar-refractivity contribution is 0.0935. The number of rotatable bonds is 3. The fraction of sp³-hybridized carbons (Fsp3) is 0.923. The van der Waals surface area contributed by atoms with E-state index in [0.717, 1.165) is 6.42 Å². The fourth-order valence-corrected chi connectivity index (χ4v) is 3.38. The van der Waals surface area contributed by atoms with Crippen molar-refractivity contribution in [1.82, 2.24) is 9.62 Å². The van der Waals surface area contributed by atoms with Gasteiger partial charge in [-0.15, -0.1) is 4.72 Å². The monoisotopic (exact) mass is 290 g/mol. The van der Waals surface area contributed by atoms with Crippen molar-refractivity contribution in [1.29, 1.82) is 0 Å². The lowest BCUT2D eigenvalue weighted by Crippen LogP contribution is -2.51. The topological polar surface area (TPSA) is 75.6 Å². The van der Waals surface area contributed by atoms with Gasteiger partial charge >= 0.3 is 6.09 Å². The fourth-order valence-electron chi connectivity index (χ4n) is 2.51. The van der Waals surface area contributed by atoms with Crippen LogP contribution >= 0.6 is 0 Å². The molecule has 112 valence electrons. The number of nitrogens with one attached hydrogen (secondary N) is 1. The number of hydrogen-bond acceptors (Lipinski definition) is 3. The molecule has 1 aliphatic rings. The van der Waals surface area contributed by atoms with Crippen LogP contribution in [0.5, 0.6) is 0 Å². The van der Waals surface area contributed by atoms with Crippen LogP contribution < -0.4 is 4.72 Å². The molecule has 1 saturated heterocycles. The summed E-state index contributed by atoms with van der Waals surface area (Å²) in [5.41, 5.74) is 0. The summed E-state index contributed by atoms with van der Waals surface area (Å²) in [5, 5.41) is 8.99. The minimum atomic E-state index is -1.08. The first-order valence-electron chi connectivity index (χ1n) is 6.79. The second-order valence-electron chi connectivity index (χ2n) is 6.45. The van der Waals surface area contributed by atoms with Crippen molar-refractivity contribution in [2.24, 2.45) is 11.8 Å². The SMILES string of the molecule is CC(N[S@@+]([O-])C(C)(C)C)[C@H]1CCN(C(=O)O)C[C@H]1C. The molecule has 1 heterocycles. The normalized spacial score (nSPS) is 28.0. The van der Waals surface area contributed by atoms with Gasteiger partial charge in [-0.25, -0.2) is 4.79 Å². The van der Waals surface area contributed by atoms with E-state index in [-0.39, 0.29) is 16.7 Å². The third kappa shape index (κ3) is 4.54. The highest BCUT2D eigenvalue weighted by atomic mass is 32.2. The van der Waals surface area contributed by atoms with Crippen molar-refractivity contribution in [3.63, 3.8) is 0 Å². The Hall–Kier alpha value is -0.460. The summed E-state index contributed by atoms with van der Waals surface area (Å²) in [7, 11) is 0. The predicted octanol–water partition coefficient (Wildman–Crippen LogP) is 2.06. The van der Waals surface area contributed by atoms with E-state index in [1.54, 1.807) is 0 Å². The molecule has 5 nitrogen and oxygen atoms in total. The highest BCUT2D eigenvalue weighted by Crippen LogP contribution is 2.27. The standard InChI is InChI=1S/C13H26N2O3S/c1-9-8-15(12(16)17)7-6-11(9)10(2)14-19(18)13(3,4)5/h9-11,14H,6-8H2,1-5H3,(H,16,17)/t9-,10?,11+,19+/m1/s1. The van der Waals surface area contributed by atoms with Gasteiger partial charge in [-0.1, -0.05) is 6.92 Å². The Morgan fingerprint density at radius 2 is 2.11 bits per heavy atom. The second kappa shape index (κ2) is 6.33. The molecule has 19 heavy (non-hydrogen) atoms. The van der Waals surface area contributed by atoms with Gasteiger partial charge in [-0.2, -0.15) is 0 Å². The molecule has 1 fully saturated rings. The highest BCUT2D eigenvalue weighted by molar-refractivity contribution is 7.90. The van der Waals surface area contributed by atoms with Gasteiger partial charge < -0.3 is 14.6 Å². The zero-order valence-electron chi connectivity index (χ0n) is 12.5. The smallest absolute Gasteiger partial charge is 0.407 e. The molecule has 2 N–H and O–H groups in total. The van der Waals surface area contributed by atoms with Crippen molar-refractivity contribution in [2.75, 3.05) is 13.1 Å². The summed E-state index contributed by atoms with van der Waals surface area (Å²) >= 11 is -1.08. The Morgan fingerprint density at radius 3 is 2.53 bits per heavy atom. The number of piperidine rings is 1. The van der Waals surface area contributed by atoms with Crippen LogP contribution in [0.4, 0.5) is 4.79 Å². The zero-order valence-corrected chi connectivity index (χ0v) is 13.3. The molecule has 0 saturated carbocycles. The van der Waals surface area contributed by atoms with Crippen LogP contribution in [0, 0.1) is 11.8 Å². The number of carbonyl (C=O) groups is 1. The Balaban J connectivity index is 2.55. The van der Waals surface area contributed by atoms with Crippen LogP contribution in [0.2, 0.25) is 0 Å². The molecular formula is C13H26N2O3S. The molecule has 0 aromatic rings. The van der Waals surface area contributed by atoms with Crippen LogP contribution in [-0.2, 0) is 11.4 Å². The summed E-state index contributed by atoms with van der Waals surface area (Å²) in [4.78, 5) is 12.4. The molecule has 0 aromatic carbocycles. The van der Waals surface area contributed by atoms with E-state index in [9.17, 15) is 9.35 Å². The van der Waals surface area contributed by atoms with Crippen LogP contribution in [0.3, 0.4) is 0 Å². The minimum Gasteiger partial charge on any atom is -0.598 e. The van der Waals surface area contributed by atoms with Gasteiger partial charge in [0.25, 0.3) is 0 Å². The Labute approximate surface area is 119 Å². The van der Waals surface area contributed by atoms with E-state index in [2.05, 4.69) is 11.6 Å². The summed E-state index contributed by atoms with van der Waals surface area (Å²) in [6.45, 7) is 11.1. The highest BCUT2D eigenvalue weighted by Gasteiger charge is 2.36. The molecule has 4 atom stereocenters. The molecule has 0 radical (unpaired) electrons. The van der Waals surface area contributed by atoms with Gasteiger partial charge in [-0.3, -0.25) is 0 Å². The maximum absolute atomic E-state index is 12.1.